The Kier molecular flexibility index (Phi) is 3.72. The molecule has 3 nitrogen and oxygen atoms in total. The lowest BCUT2D eigenvalue weighted by Gasteiger charge is -1.99. The zero-order chi connectivity index (χ0) is 9.68. The highest BCUT2D eigenvalue weighted by Gasteiger charge is 2.05. The van der Waals surface area contributed by atoms with Crippen LogP contribution in [0.25, 0.3) is 0 Å². The van der Waals surface area contributed by atoms with Crippen molar-refractivity contribution in [2.75, 3.05) is 0 Å². The predicted molar refractivity (Wildman–Crippen MR) is 54.8 cm³/mol. The number of hydrogen-bond acceptors (Lipinski definition) is 4. The van der Waals surface area contributed by atoms with E-state index in [9.17, 15) is 4.79 Å². The third-order valence-electron chi connectivity index (χ3n) is 1.20. The number of carbonyl (C=O) groups is 1. The van der Waals surface area contributed by atoms with Gasteiger partial charge in [-0.1, -0.05) is 42.5 Å². The van der Waals surface area contributed by atoms with Crippen molar-refractivity contribution in [3.8, 4) is 0 Å². The fourth-order valence-electron chi connectivity index (χ4n) is 0.696. The Morgan fingerprint density at radius 3 is 2.54 bits per heavy atom. The molecule has 0 aliphatic heterocycles. The summed E-state index contributed by atoms with van der Waals surface area (Å²) in [5, 5.41) is 8.21. The average molecular weight is 214 g/mol. The topological polar surface area (TPSA) is 46.5 Å². The van der Waals surface area contributed by atoms with Crippen LogP contribution in [0, 0.1) is 0 Å². The molecule has 0 spiro atoms. The summed E-state index contributed by atoms with van der Waals surface area (Å²) in [4.78, 5) is 10.0. The molecular formula is C8H6O3S2. The van der Waals surface area contributed by atoms with E-state index in [4.69, 9.17) is 17.3 Å². The first kappa shape index (κ1) is 10.0. The van der Waals surface area contributed by atoms with Crippen LogP contribution < -0.4 is 0 Å². The van der Waals surface area contributed by atoms with Gasteiger partial charge in [-0.3, -0.25) is 0 Å². The molecular weight excluding hydrogens is 208 g/mol. The molecule has 0 heterocycles. The molecule has 0 fully saturated rings. The van der Waals surface area contributed by atoms with E-state index in [1.807, 2.05) is 18.2 Å². The van der Waals surface area contributed by atoms with E-state index in [2.05, 4.69) is 4.18 Å². The van der Waals surface area contributed by atoms with Gasteiger partial charge in [0.25, 0.3) is 0 Å². The SMILES string of the molecule is O=C(O)OSC(=S)c1ccccc1. The van der Waals surface area contributed by atoms with Crippen LogP contribution in [0.4, 0.5) is 4.79 Å². The van der Waals surface area contributed by atoms with E-state index in [0.717, 1.165) is 5.56 Å². The number of hydrogen-bond donors (Lipinski definition) is 1. The number of rotatable bonds is 1. The minimum atomic E-state index is -1.34. The van der Waals surface area contributed by atoms with Crippen LogP contribution in [0.5, 0.6) is 0 Å². The molecule has 0 saturated carbocycles. The van der Waals surface area contributed by atoms with Gasteiger partial charge in [-0.2, -0.15) is 0 Å². The van der Waals surface area contributed by atoms with Crippen molar-refractivity contribution in [2.24, 2.45) is 0 Å². The third kappa shape index (κ3) is 3.43. The number of benzene rings is 1. The Morgan fingerprint density at radius 2 is 2.00 bits per heavy atom. The second kappa shape index (κ2) is 4.84. The molecule has 1 aromatic carbocycles. The monoisotopic (exact) mass is 214 g/mol. The summed E-state index contributed by atoms with van der Waals surface area (Å²) in [7, 11) is 0. The van der Waals surface area contributed by atoms with Gasteiger partial charge in [-0.25, -0.2) is 4.79 Å². The van der Waals surface area contributed by atoms with Gasteiger partial charge in [0.2, 0.25) is 0 Å². The van der Waals surface area contributed by atoms with Crippen LogP contribution in [0.1, 0.15) is 5.56 Å². The molecule has 0 aliphatic carbocycles. The van der Waals surface area contributed by atoms with Gasteiger partial charge in [-0.15, -0.1) is 0 Å². The minimum absolute atomic E-state index is 0.406. The fourth-order valence-corrected chi connectivity index (χ4v) is 1.31. The van der Waals surface area contributed by atoms with Crippen LogP contribution in [-0.4, -0.2) is 15.5 Å². The molecule has 0 aromatic heterocycles. The van der Waals surface area contributed by atoms with E-state index in [0.29, 0.717) is 16.2 Å². The van der Waals surface area contributed by atoms with E-state index >= 15 is 0 Å². The normalized spacial score (nSPS) is 9.23. The first-order valence-corrected chi connectivity index (χ1v) is 4.52. The standard InChI is InChI=1S/C8H6O3S2/c9-8(10)11-13-7(12)6-4-2-1-3-5-6/h1-5H,(H,9,10). The molecule has 0 bridgehead atoms. The number of thiocarbonyl (C=S) groups is 1. The summed E-state index contributed by atoms with van der Waals surface area (Å²) >= 11 is 5.58. The van der Waals surface area contributed by atoms with Gasteiger partial charge < -0.3 is 9.29 Å². The molecule has 0 unspecified atom stereocenters. The highest BCUT2D eigenvalue weighted by molar-refractivity contribution is 8.20. The minimum Gasteiger partial charge on any atom is -0.449 e. The lowest BCUT2D eigenvalue weighted by atomic mass is 10.2. The maximum atomic E-state index is 10.0. The molecule has 0 radical (unpaired) electrons. The van der Waals surface area contributed by atoms with Crippen molar-refractivity contribution in [3.05, 3.63) is 35.9 Å². The summed E-state index contributed by atoms with van der Waals surface area (Å²) in [5.74, 6) is 0. The Morgan fingerprint density at radius 1 is 1.38 bits per heavy atom. The van der Waals surface area contributed by atoms with Gasteiger partial charge in [0.15, 0.2) is 0 Å². The van der Waals surface area contributed by atoms with Crippen molar-refractivity contribution in [3.63, 3.8) is 0 Å². The van der Waals surface area contributed by atoms with E-state index in [1.54, 1.807) is 12.1 Å². The average Bonchev–Trinajstić information content (AvgIpc) is 2.15. The van der Waals surface area contributed by atoms with E-state index in [1.165, 1.54) is 0 Å². The Labute approximate surface area is 84.9 Å². The lowest BCUT2D eigenvalue weighted by molar-refractivity contribution is 0.153. The van der Waals surface area contributed by atoms with E-state index < -0.39 is 6.16 Å². The largest absolute Gasteiger partial charge is 0.518 e. The first-order valence-electron chi connectivity index (χ1n) is 3.37. The molecule has 0 aliphatic rings. The number of carboxylic acid groups (broad SMARTS) is 1. The molecule has 0 atom stereocenters. The first-order chi connectivity index (χ1) is 6.20. The van der Waals surface area contributed by atoms with Gasteiger partial charge in [0, 0.05) is 5.56 Å². The van der Waals surface area contributed by atoms with Crippen LogP contribution in [0.2, 0.25) is 0 Å². The second-order valence-electron chi connectivity index (χ2n) is 2.09. The highest BCUT2D eigenvalue weighted by atomic mass is 32.2. The molecule has 1 rings (SSSR count). The molecule has 5 heteroatoms. The zero-order valence-electron chi connectivity index (χ0n) is 6.47. The van der Waals surface area contributed by atoms with Crippen LogP contribution >= 0.6 is 24.3 Å². The molecule has 1 aromatic rings. The van der Waals surface area contributed by atoms with Crippen LogP contribution in [-0.2, 0) is 4.18 Å². The van der Waals surface area contributed by atoms with Crippen molar-refractivity contribution in [1.29, 1.82) is 0 Å². The van der Waals surface area contributed by atoms with E-state index in [-0.39, 0.29) is 0 Å². The molecule has 68 valence electrons. The van der Waals surface area contributed by atoms with Crippen molar-refractivity contribution in [2.45, 2.75) is 0 Å². The maximum absolute atomic E-state index is 10.0. The molecule has 13 heavy (non-hydrogen) atoms. The Bertz CT molecular complexity index is 310. The van der Waals surface area contributed by atoms with Gasteiger partial charge in [0.1, 0.15) is 16.2 Å². The van der Waals surface area contributed by atoms with Crippen molar-refractivity contribution in [1.82, 2.24) is 0 Å². The van der Waals surface area contributed by atoms with Crippen molar-refractivity contribution >= 4 is 34.6 Å². The Balaban J connectivity index is 2.54. The molecule has 0 amide bonds. The van der Waals surface area contributed by atoms with Gasteiger partial charge >= 0.3 is 6.16 Å². The lowest BCUT2D eigenvalue weighted by Crippen LogP contribution is -1.97. The second-order valence-corrected chi connectivity index (χ2v) is 3.49. The molecule has 1 N–H and O–H groups in total. The predicted octanol–water partition coefficient (Wildman–Crippen LogP) is 2.70. The summed E-state index contributed by atoms with van der Waals surface area (Å²) in [6.07, 6.45) is -1.34. The summed E-state index contributed by atoms with van der Waals surface area (Å²) in [6, 6.07) is 9.09. The van der Waals surface area contributed by atoms with Gasteiger partial charge in [-0.05, 0) is 0 Å². The zero-order valence-corrected chi connectivity index (χ0v) is 8.10. The Hall–Kier alpha value is -1.07. The summed E-state index contributed by atoms with van der Waals surface area (Å²) < 4.78 is 4.66. The quantitative estimate of drug-likeness (QED) is 0.575. The smallest absolute Gasteiger partial charge is 0.449 e. The fraction of sp³-hybridized carbons (Fsp3) is 0. The van der Waals surface area contributed by atoms with Crippen LogP contribution in [0.15, 0.2) is 30.3 Å². The maximum Gasteiger partial charge on any atom is 0.518 e. The third-order valence-corrected chi connectivity index (χ3v) is 2.25. The summed E-state index contributed by atoms with van der Waals surface area (Å²) in [5.41, 5.74) is 0.781. The van der Waals surface area contributed by atoms with Gasteiger partial charge in [0.05, 0.1) is 0 Å². The molecule has 0 saturated heterocycles. The highest BCUT2D eigenvalue weighted by Crippen LogP contribution is 2.14. The van der Waals surface area contributed by atoms with Crippen LogP contribution in [0.3, 0.4) is 0 Å². The van der Waals surface area contributed by atoms with Crippen molar-refractivity contribution < 1.29 is 14.1 Å². The summed E-state index contributed by atoms with van der Waals surface area (Å²) in [6.45, 7) is 0.